The van der Waals surface area contributed by atoms with E-state index in [0.717, 1.165) is 4.88 Å². The quantitative estimate of drug-likeness (QED) is 0.910. The number of hydrogen-bond acceptors (Lipinski definition) is 5. The van der Waals surface area contributed by atoms with Crippen LogP contribution in [0.1, 0.15) is 19.9 Å². The van der Waals surface area contributed by atoms with Gasteiger partial charge in [0.1, 0.15) is 0 Å². The standard InChI is InChI=1S/C9H12N4O2S2/c1-6(2)13-8(7-4-3-5-16-7)11-12-9(13)17(10,14)15/h3-6H,1-2H3,(H2,10,14,15). The minimum Gasteiger partial charge on any atom is -0.294 e. The molecule has 2 aromatic heterocycles. The molecule has 17 heavy (non-hydrogen) atoms. The molecule has 0 fully saturated rings. The van der Waals surface area contributed by atoms with Gasteiger partial charge in [0.15, 0.2) is 5.82 Å². The van der Waals surface area contributed by atoms with E-state index in [1.54, 1.807) is 0 Å². The van der Waals surface area contributed by atoms with Crippen molar-refractivity contribution in [2.45, 2.75) is 25.0 Å². The number of aromatic nitrogens is 3. The van der Waals surface area contributed by atoms with E-state index < -0.39 is 10.0 Å². The molecular weight excluding hydrogens is 260 g/mol. The molecule has 0 spiro atoms. The van der Waals surface area contributed by atoms with Crippen LogP contribution < -0.4 is 5.14 Å². The predicted molar refractivity (Wildman–Crippen MR) is 65.1 cm³/mol. The first-order chi connectivity index (χ1) is 7.91. The number of primary sulfonamides is 1. The van der Waals surface area contributed by atoms with Crippen LogP contribution in [0.15, 0.2) is 22.7 Å². The molecule has 92 valence electrons. The fourth-order valence-electron chi connectivity index (χ4n) is 1.51. The molecule has 0 amide bonds. The van der Waals surface area contributed by atoms with Crippen LogP contribution in [-0.4, -0.2) is 23.2 Å². The minimum atomic E-state index is -3.85. The van der Waals surface area contributed by atoms with Crippen LogP contribution in [0.3, 0.4) is 0 Å². The number of thiophene rings is 1. The third-order valence-electron chi connectivity index (χ3n) is 2.18. The number of hydrogen-bond donors (Lipinski definition) is 1. The van der Waals surface area contributed by atoms with E-state index in [2.05, 4.69) is 10.2 Å². The lowest BCUT2D eigenvalue weighted by atomic mass is 10.3. The molecule has 0 aliphatic heterocycles. The highest BCUT2D eigenvalue weighted by Gasteiger charge is 2.23. The molecule has 0 aliphatic rings. The lowest BCUT2D eigenvalue weighted by molar-refractivity contribution is 0.525. The molecule has 6 nitrogen and oxygen atoms in total. The molecule has 0 bridgehead atoms. The Morgan fingerprint density at radius 1 is 1.41 bits per heavy atom. The molecule has 2 N–H and O–H groups in total. The molecule has 0 unspecified atom stereocenters. The lowest BCUT2D eigenvalue weighted by Gasteiger charge is -2.11. The van der Waals surface area contributed by atoms with Crippen molar-refractivity contribution in [2.24, 2.45) is 5.14 Å². The van der Waals surface area contributed by atoms with Crippen molar-refractivity contribution in [3.8, 4) is 10.7 Å². The summed E-state index contributed by atoms with van der Waals surface area (Å²) in [4.78, 5) is 0.862. The molecule has 2 aromatic rings. The van der Waals surface area contributed by atoms with Crippen LogP contribution in [0.5, 0.6) is 0 Å². The van der Waals surface area contributed by atoms with Gasteiger partial charge in [-0.2, -0.15) is 0 Å². The van der Waals surface area contributed by atoms with Crippen molar-refractivity contribution < 1.29 is 8.42 Å². The topological polar surface area (TPSA) is 90.9 Å². The highest BCUT2D eigenvalue weighted by molar-refractivity contribution is 7.89. The molecule has 0 aliphatic carbocycles. The Morgan fingerprint density at radius 3 is 2.59 bits per heavy atom. The summed E-state index contributed by atoms with van der Waals surface area (Å²) in [5.41, 5.74) is 0. The van der Waals surface area contributed by atoms with Crippen molar-refractivity contribution >= 4 is 21.4 Å². The van der Waals surface area contributed by atoms with Gasteiger partial charge in [0.2, 0.25) is 0 Å². The van der Waals surface area contributed by atoms with Gasteiger partial charge in [-0.05, 0) is 25.3 Å². The largest absolute Gasteiger partial charge is 0.294 e. The van der Waals surface area contributed by atoms with Crippen LogP contribution in [0, 0.1) is 0 Å². The molecule has 8 heteroatoms. The van der Waals surface area contributed by atoms with E-state index in [1.807, 2.05) is 31.4 Å². The van der Waals surface area contributed by atoms with E-state index >= 15 is 0 Å². The zero-order valence-electron chi connectivity index (χ0n) is 9.36. The van der Waals surface area contributed by atoms with Crippen LogP contribution in [0.4, 0.5) is 0 Å². The van der Waals surface area contributed by atoms with Crippen LogP contribution in [0.2, 0.25) is 0 Å². The Balaban J connectivity index is 2.68. The van der Waals surface area contributed by atoms with Gasteiger partial charge in [-0.25, -0.2) is 13.6 Å². The summed E-state index contributed by atoms with van der Waals surface area (Å²) in [5.74, 6) is 0.527. The summed E-state index contributed by atoms with van der Waals surface area (Å²) in [5, 5.41) is 14.4. The van der Waals surface area contributed by atoms with Crippen molar-refractivity contribution in [3.63, 3.8) is 0 Å². The molecule has 2 rings (SSSR count). The number of nitrogens with two attached hydrogens (primary N) is 1. The van der Waals surface area contributed by atoms with Gasteiger partial charge in [-0.3, -0.25) is 4.57 Å². The van der Waals surface area contributed by atoms with Crippen LogP contribution >= 0.6 is 11.3 Å². The SMILES string of the molecule is CC(C)n1c(-c2cccs2)nnc1S(N)(=O)=O. The second-order valence-electron chi connectivity index (χ2n) is 3.79. The Labute approximate surface area is 103 Å². The van der Waals surface area contributed by atoms with E-state index in [4.69, 9.17) is 5.14 Å². The first-order valence-corrected chi connectivity index (χ1v) is 7.35. The van der Waals surface area contributed by atoms with Gasteiger partial charge >= 0.3 is 0 Å². The highest BCUT2D eigenvalue weighted by Crippen LogP contribution is 2.27. The highest BCUT2D eigenvalue weighted by atomic mass is 32.2. The molecule has 0 saturated carbocycles. The Kier molecular flexibility index (Phi) is 3.02. The summed E-state index contributed by atoms with van der Waals surface area (Å²) in [6.45, 7) is 3.71. The summed E-state index contributed by atoms with van der Waals surface area (Å²) in [6, 6.07) is 3.65. The maximum atomic E-state index is 11.4. The molecule has 0 atom stereocenters. The normalized spacial score (nSPS) is 12.2. The Hall–Kier alpha value is -1.25. The third kappa shape index (κ3) is 2.24. The van der Waals surface area contributed by atoms with Crippen molar-refractivity contribution in [1.82, 2.24) is 14.8 Å². The van der Waals surface area contributed by atoms with Crippen LogP contribution in [0.25, 0.3) is 10.7 Å². The van der Waals surface area contributed by atoms with Gasteiger partial charge in [0.05, 0.1) is 4.88 Å². The maximum absolute atomic E-state index is 11.4. The number of nitrogens with zero attached hydrogens (tertiary/aromatic N) is 3. The Morgan fingerprint density at radius 2 is 2.12 bits per heavy atom. The molecule has 0 aromatic carbocycles. The minimum absolute atomic E-state index is 0.0876. The van der Waals surface area contributed by atoms with Gasteiger partial charge in [-0.1, -0.05) is 6.07 Å². The summed E-state index contributed by atoms with van der Waals surface area (Å²) < 4.78 is 24.3. The summed E-state index contributed by atoms with van der Waals surface area (Å²) >= 11 is 1.47. The first-order valence-electron chi connectivity index (χ1n) is 4.93. The number of rotatable bonds is 3. The monoisotopic (exact) mass is 272 g/mol. The second-order valence-corrected chi connectivity index (χ2v) is 6.20. The van der Waals surface area contributed by atoms with Gasteiger partial charge in [0, 0.05) is 6.04 Å². The fourth-order valence-corrected chi connectivity index (χ4v) is 2.94. The van der Waals surface area contributed by atoms with Gasteiger partial charge in [-0.15, -0.1) is 21.5 Å². The average molecular weight is 272 g/mol. The van der Waals surface area contributed by atoms with E-state index in [0.29, 0.717) is 5.82 Å². The van der Waals surface area contributed by atoms with E-state index in [1.165, 1.54) is 15.9 Å². The van der Waals surface area contributed by atoms with Crippen molar-refractivity contribution in [1.29, 1.82) is 0 Å². The molecule has 2 heterocycles. The maximum Gasteiger partial charge on any atom is 0.273 e. The van der Waals surface area contributed by atoms with Gasteiger partial charge in [0.25, 0.3) is 15.2 Å². The first kappa shape index (κ1) is 12.2. The summed E-state index contributed by atoms with van der Waals surface area (Å²) in [7, 11) is -3.85. The Bertz CT molecular complexity index is 613. The molecular formula is C9H12N4O2S2. The van der Waals surface area contributed by atoms with E-state index in [-0.39, 0.29) is 11.2 Å². The third-order valence-corrected chi connectivity index (χ3v) is 3.83. The zero-order chi connectivity index (χ0) is 12.6. The van der Waals surface area contributed by atoms with Gasteiger partial charge < -0.3 is 0 Å². The predicted octanol–water partition coefficient (Wildman–Crippen LogP) is 1.23. The smallest absolute Gasteiger partial charge is 0.273 e. The second kappa shape index (κ2) is 4.21. The molecule has 0 radical (unpaired) electrons. The fraction of sp³-hybridized carbons (Fsp3) is 0.333. The van der Waals surface area contributed by atoms with Crippen molar-refractivity contribution in [3.05, 3.63) is 17.5 Å². The van der Waals surface area contributed by atoms with Crippen molar-refractivity contribution in [2.75, 3.05) is 0 Å². The lowest BCUT2D eigenvalue weighted by Crippen LogP contribution is -2.19. The zero-order valence-corrected chi connectivity index (χ0v) is 11.0. The van der Waals surface area contributed by atoms with E-state index in [9.17, 15) is 8.42 Å². The average Bonchev–Trinajstić information content (AvgIpc) is 2.84. The number of sulfonamides is 1. The van der Waals surface area contributed by atoms with Crippen LogP contribution in [-0.2, 0) is 10.0 Å². The summed E-state index contributed by atoms with van der Waals surface area (Å²) in [6.07, 6.45) is 0. The molecule has 0 saturated heterocycles.